The van der Waals surface area contributed by atoms with Crippen LogP contribution >= 0.6 is 15.9 Å². The van der Waals surface area contributed by atoms with E-state index in [-0.39, 0.29) is 21.7 Å². The Kier molecular flexibility index (Phi) is 4.13. The summed E-state index contributed by atoms with van der Waals surface area (Å²) in [6, 6.07) is 6.76. The monoisotopic (exact) mass is 356 g/mol. The van der Waals surface area contributed by atoms with Gasteiger partial charge in [0.1, 0.15) is 21.8 Å². The Balaban J connectivity index is 2.41. The fourth-order valence-corrected chi connectivity index (χ4v) is 2.05. The van der Waals surface area contributed by atoms with Gasteiger partial charge in [-0.05, 0) is 22.0 Å². The van der Waals surface area contributed by atoms with Gasteiger partial charge in [0, 0.05) is 12.1 Å². The fraction of sp³-hybridized carbons (Fsp3) is 0. The number of rotatable bonds is 4. The predicted molar refractivity (Wildman–Crippen MR) is 73.9 cm³/mol. The van der Waals surface area contributed by atoms with Crippen molar-refractivity contribution in [1.82, 2.24) is 0 Å². The van der Waals surface area contributed by atoms with Crippen molar-refractivity contribution in [3.05, 3.63) is 66.9 Å². The third-order valence-electron chi connectivity index (χ3n) is 2.43. The topological polar surface area (TPSA) is 95.5 Å². The first-order valence-corrected chi connectivity index (χ1v) is 6.23. The van der Waals surface area contributed by atoms with Crippen molar-refractivity contribution >= 4 is 27.3 Å². The molecule has 0 N–H and O–H groups in total. The zero-order valence-corrected chi connectivity index (χ0v) is 11.7. The molecule has 7 nitrogen and oxygen atoms in total. The van der Waals surface area contributed by atoms with Crippen LogP contribution in [-0.4, -0.2) is 9.85 Å². The lowest BCUT2D eigenvalue weighted by atomic mass is 10.3. The molecule has 0 unspecified atom stereocenters. The van der Waals surface area contributed by atoms with Gasteiger partial charge in [0.05, 0.1) is 22.0 Å². The summed E-state index contributed by atoms with van der Waals surface area (Å²) in [5, 5.41) is 21.4. The molecule has 0 saturated carbocycles. The maximum absolute atomic E-state index is 13.3. The summed E-state index contributed by atoms with van der Waals surface area (Å²) in [5.74, 6) is -0.937. The molecule has 9 heteroatoms. The van der Waals surface area contributed by atoms with E-state index in [0.717, 1.165) is 18.2 Å². The SMILES string of the molecule is O=[N+]([O-])c1cc(F)cc(Oc2cccc([N+](=O)[O-])c2Br)c1. The number of nitro benzene ring substituents is 2. The lowest BCUT2D eigenvalue weighted by Crippen LogP contribution is -1.94. The highest BCUT2D eigenvalue weighted by Gasteiger charge is 2.18. The summed E-state index contributed by atoms with van der Waals surface area (Å²) in [6.07, 6.45) is 0. The second-order valence-corrected chi connectivity index (χ2v) is 4.64. The molecular weight excluding hydrogens is 351 g/mol. The van der Waals surface area contributed by atoms with Crippen molar-refractivity contribution in [3.63, 3.8) is 0 Å². The zero-order valence-electron chi connectivity index (χ0n) is 10.2. The summed E-state index contributed by atoms with van der Waals surface area (Å²) in [5.41, 5.74) is -0.718. The Labute approximate surface area is 125 Å². The molecule has 2 aromatic carbocycles. The third kappa shape index (κ3) is 3.31. The van der Waals surface area contributed by atoms with Gasteiger partial charge in [0.2, 0.25) is 0 Å². The highest BCUT2D eigenvalue weighted by molar-refractivity contribution is 9.10. The van der Waals surface area contributed by atoms with Gasteiger partial charge in [0.25, 0.3) is 11.4 Å². The minimum absolute atomic E-state index is 0.0455. The molecule has 108 valence electrons. The summed E-state index contributed by atoms with van der Waals surface area (Å²) < 4.78 is 18.6. The lowest BCUT2D eigenvalue weighted by molar-refractivity contribution is -0.385. The van der Waals surface area contributed by atoms with Crippen LogP contribution in [0.2, 0.25) is 0 Å². The average molecular weight is 357 g/mol. The first-order valence-electron chi connectivity index (χ1n) is 5.44. The highest BCUT2D eigenvalue weighted by Crippen LogP contribution is 2.37. The molecule has 0 heterocycles. The number of hydrogen-bond acceptors (Lipinski definition) is 5. The maximum Gasteiger partial charge on any atom is 0.287 e. The molecule has 2 aromatic rings. The Morgan fingerprint density at radius 3 is 2.43 bits per heavy atom. The molecule has 0 aliphatic rings. The van der Waals surface area contributed by atoms with E-state index in [1.165, 1.54) is 18.2 Å². The first-order chi connectivity index (χ1) is 9.88. The Hall–Kier alpha value is -2.55. The van der Waals surface area contributed by atoms with Crippen molar-refractivity contribution in [2.75, 3.05) is 0 Å². The van der Waals surface area contributed by atoms with Crippen LogP contribution in [0.3, 0.4) is 0 Å². The number of nitrogens with zero attached hydrogens (tertiary/aromatic N) is 2. The van der Waals surface area contributed by atoms with Crippen LogP contribution < -0.4 is 4.74 Å². The summed E-state index contributed by atoms with van der Waals surface area (Å²) >= 11 is 3.01. The van der Waals surface area contributed by atoms with Crippen molar-refractivity contribution in [2.24, 2.45) is 0 Å². The molecule has 0 fully saturated rings. The summed E-state index contributed by atoms with van der Waals surface area (Å²) in [7, 11) is 0. The number of non-ortho nitro benzene ring substituents is 1. The fourth-order valence-electron chi connectivity index (χ4n) is 1.56. The van der Waals surface area contributed by atoms with E-state index in [2.05, 4.69) is 15.9 Å². The molecule has 0 spiro atoms. The zero-order chi connectivity index (χ0) is 15.6. The summed E-state index contributed by atoms with van der Waals surface area (Å²) in [4.78, 5) is 20.1. The third-order valence-corrected chi connectivity index (χ3v) is 3.23. The van der Waals surface area contributed by atoms with Crippen LogP contribution in [0, 0.1) is 26.0 Å². The Morgan fingerprint density at radius 1 is 1.10 bits per heavy atom. The number of ether oxygens (including phenoxy) is 1. The molecule has 0 radical (unpaired) electrons. The minimum Gasteiger partial charge on any atom is -0.456 e. The molecule has 0 aliphatic heterocycles. The molecular formula is C12H6BrFN2O5. The van der Waals surface area contributed by atoms with Gasteiger partial charge in [-0.25, -0.2) is 4.39 Å². The van der Waals surface area contributed by atoms with Crippen LogP contribution in [0.25, 0.3) is 0 Å². The first kappa shape index (κ1) is 14.9. The highest BCUT2D eigenvalue weighted by atomic mass is 79.9. The van der Waals surface area contributed by atoms with Crippen LogP contribution in [0.4, 0.5) is 15.8 Å². The van der Waals surface area contributed by atoms with Crippen molar-refractivity contribution in [3.8, 4) is 11.5 Å². The molecule has 0 aliphatic carbocycles. The normalized spacial score (nSPS) is 10.2. The summed E-state index contributed by atoms with van der Waals surface area (Å²) in [6.45, 7) is 0. The molecule has 2 rings (SSSR count). The van der Waals surface area contributed by atoms with E-state index in [0.29, 0.717) is 0 Å². The lowest BCUT2D eigenvalue weighted by Gasteiger charge is -2.07. The van der Waals surface area contributed by atoms with Crippen molar-refractivity contribution in [2.45, 2.75) is 0 Å². The van der Waals surface area contributed by atoms with Gasteiger partial charge in [-0.2, -0.15) is 0 Å². The van der Waals surface area contributed by atoms with Crippen molar-refractivity contribution in [1.29, 1.82) is 0 Å². The molecule has 0 saturated heterocycles. The van der Waals surface area contributed by atoms with E-state index < -0.39 is 21.4 Å². The molecule has 0 aromatic heterocycles. The number of halogens is 2. The van der Waals surface area contributed by atoms with Gasteiger partial charge >= 0.3 is 0 Å². The molecule has 0 amide bonds. The Morgan fingerprint density at radius 2 is 1.81 bits per heavy atom. The quantitative estimate of drug-likeness (QED) is 0.604. The second kappa shape index (κ2) is 5.83. The van der Waals surface area contributed by atoms with Crippen molar-refractivity contribution < 1.29 is 19.0 Å². The van der Waals surface area contributed by atoms with E-state index in [9.17, 15) is 24.6 Å². The van der Waals surface area contributed by atoms with Gasteiger partial charge in [-0.15, -0.1) is 0 Å². The molecule has 0 atom stereocenters. The van der Waals surface area contributed by atoms with E-state index >= 15 is 0 Å². The van der Waals surface area contributed by atoms with E-state index in [4.69, 9.17) is 4.74 Å². The van der Waals surface area contributed by atoms with Crippen LogP contribution in [0.5, 0.6) is 11.5 Å². The van der Waals surface area contributed by atoms with Gasteiger partial charge < -0.3 is 4.74 Å². The smallest absolute Gasteiger partial charge is 0.287 e. The van der Waals surface area contributed by atoms with E-state index in [1.807, 2.05) is 0 Å². The van der Waals surface area contributed by atoms with Crippen LogP contribution in [-0.2, 0) is 0 Å². The number of hydrogen-bond donors (Lipinski definition) is 0. The Bertz CT molecular complexity index is 738. The molecule has 21 heavy (non-hydrogen) atoms. The predicted octanol–water partition coefficient (Wildman–Crippen LogP) is 4.20. The minimum atomic E-state index is -0.847. The van der Waals surface area contributed by atoms with Gasteiger partial charge in [-0.1, -0.05) is 6.07 Å². The second-order valence-electron chi connectivity index (χ2n) is 3.85. The standard InChI is InChI=1S/C12H6BrFN2O5/c13-12-10(16(19)20)2-1-3-11(12)21-9-5-7(14)4-8(6-9)15(17)18/h1-6H. The number of nitro groups is 2. The molecule has 0 bridgehead atoms. The number of benzene rings is 2. The van der Waals surface area contributed by atoms with Crippen LogP contribution in [0.1, 0.15) is 0 Å². The largest absolute Gasteiger partial charge is 0.456 e. The van der Waals surface area contributed by atoms with Gasteiger partial charge in [-0.3, -0.25) is 20.2 Å². The average Bonchev–Trinajstić information content (AvgIpc) is 2.40. The maximum atomic E-state index is 13.3. The van der Waals surface area contributed by atoms with Crippen LogP contribution in [0.15, 0.2) is 40.9 Å². The van der Waals surface area contributed by atoms with E-state index in [1.54, 1.807) is 0 Å². The van der Waals surface area contributed by atoms with Gasteiger partial charge in [0.15, 0.2) is 0 Å².